The van der Waals surface area contributed by atoms with Crippen LogP contribution in [0.4, 0.5) is 5.69 Å². The number of carbonyl (C=O) groups is 2. The van der Waals surface area contributed by atoms with Crippen LogP contribution in [0.15, 0.2) is 35.9 Å². The van der Waals surface area contributed by atoms with Gasteiger partial charge >= 0.3 is 5.97 Å². The van der Waals surface area contributed by atoms with Crippen LogP contribution in [-0.2, 0) is 47.5 Å². The summed E-state index contributed by atoms with van der Waals surface area (Å²) >= 11 is 0. The van der Waals surface area contributed by atoms with Crippen LogP contribution in [0.3, 0.4) is 0 Å². The highest BCUT2D eigenvalue weighted by Gasteiger charge is 2.60. The zero-order chi connectivity index (χ0) is 44.4. The molecule has 5 fully saturated rings. The lowest BCUT2D eigenvalue weighted by atomic mass is 9.62. The van der Waals surface area contributed by atoms with Gasteiger partial charge in [0.2, 0.25) is 0 Å². The minimum atomic E-state index is -0.820. The van der Waals surface area contributed by atoms with Gasteiger partial charge in [-0.25, -0.2) is 0 Å². The summed E-state index contributed by atoms with van der Waals surface area (Å²) in [5.41, 5.74) is 1.44. The molecule has 0 radical (unpaired) electrons. The van der Waals surface area contributed by atoms with Crippen molar-refractivity contribution in [3.05, 3.63) is 35.9 Å². The SMILES string of the molecule is CC[C@H]1CCC[C@H](O[C@H]2CC[C@H](N(C)C)C(C)O2)[C@@H](C)C(=O)C2=C[C@H]3[C@@H]4C[C@H](O[C@@H]5OC(C)[C@H](OC)C(OC)[C@@H]5OC)C[C@H]4[C@@H](O)[C@H](Nc4ccc(OC)cc4)[C@H]3[C@@H]2CC(=O)O1. The molecule has 1 aromatic rings. The van der Waals surface area contributed by atoms with Crippen LogP contribution in [0.2, 0.25) is 0 Å². The van der Waals surface area contributed by atoms with E-state index in [-0.39, 0.29) is 78.5 Å². The summed E-state index contributed by atoms with van der Waals surface area (Å²) in [7, 11) is 10.7. The van der Waals surface area contributed by atoms with Gasteiger partial charge in [0, 0.05) is 44.9 Å². The third kappa shape index (κ3) is 9.79. The maximum Gasteiger partial charge on any atom is 0.306 e. The predicted octanol–water partition coefficient (Wildman–Crippen LogP) is 5.78. The lowest BCUT2D eigenvalue weighted by molar-refractivity contribution is -0.314. The van der Waals surface area contributed by atoms with Crippen LogP contribution < -0.4 is 10.1 Å². The van der Waals surface area contributed by atoms with Gasteiger partial charge in [-0.15, -0.1) is 0 Å². The molecular formula is C48H74N2O12. The van der Waals surface area contributed by atoms with E-state index in [2.05, 4.69) is 37.3 Å². The number of aliphatic hydroxyl groups is 1. The van der Waals surface area contributed by atoms with Crippen molar-refractivity contribution in [2.75, 3.05) is 47.9 Å². The first-order valence-corrected chi connectivity index (χ1v) is 23.2. The fraction of sp³-hybridized carbons (Fsp3) is 0.792. The lowest BCUT2D eigenvalue weighted by Crippen LogP contribution is -2.59. The van der Waals surface area contributed by atoms with Crippen LogP contribution in [0.1, 0.15) is 85.5 Å². The minimum Gasteiger partial charge on any atom is -0.497 e. The molecule has 3 saturated heterocycles. The molecule has 14 heteroatoms. The maximum absolute atomic E-state index is 15.2. The highest BCUT2D eigenvalue weighted by atomic mass is 16.7. The van der Waals surface area contributed by atoms with E-state index in [0.717, 1.165) is 24.9 Å². The number of ketones is 1. The first-order valence-electron chi connectivity index (χ1n) is 23.2. The Bertz CT molecular complexity index is 1680. The van der Waals surface area contributed by atoms with Crippen molar-refractivity contribution in [2.45, 2.75) is 165 Å². The number of Topliss-reactive ketones (excluding diaryl/α,β-unsaturated/α-hetero) is 1. The molecule has 3 heterocycles. The number of rotatable bonds is 12. The van der Waals surface area contributed by atoms with Gasteiger partial charge in [0.15, 0.2) is 18.4 Å². The summed E-state index contributed by atoms with van der Waals surface area (Å²) in [5, 5.41) is 16.3. The quantitative estimate of drug-likeness (QED) is 0.244. The Morgan fingerprint density at radius 2 is 1.55 bits per heavy atom. The van der Waals surface area contributed by atoms with Gasteiger partial charge in [0.1, 0.15) is 30.2 Å². The molecule has 0 bridgehead atoms. The number of allylic oxidation sites excluding steroid dienone is 2. The van der Waals surface area contributed by atoms with E-state index in [1.54, 1.807) is 28.4 Å². The molecule has 19 atom stereocenters. The molecule has 2 N–H and O–H groups in total. The average molecular weight is 871 g/mol. The molecule has 0 spiro atoms. The number of anilines is 1. The molecule has 3 aliphatic heterocycles. The van der Waals surface area contributed by atoms with Gasteiger partial charge in [0.25, 0.3) is 0 Å². The fourth-order valence-electron chi connectivity index (χ4n) is 12.1. The second-order valence-corrected chi connectivity index (χ2v) is 19.0. The molecular weight excluding hydrogens is 797 g/mol. The Hall–Kier alpha value is -2.66. The molecule has 348 valence electrons. The molecule has 7 rings (SSSR count). The van der Waals surface area contributed by atoms with E-state index in [1.807, 2.05) is 45.0 Å². The van der Waals surface area contributed by atoms with Crippen LogP contribution in [0.5, 0.6) is 5.75 Å². The van der Waals surface area contributed by atoms with Crippen LogP contribution in [0.25, 0.3) is 0 Å². The number of ether oxygens (including phenoxy) is 9. The molecule has 0 aromatic heterocycles. The van der Waals surface area contributed by atoms with E-state index in [0.29, 0.717) is 49.5 Å². The third-order valence-electron chi connectivity index (χ3n) is 15.3. The minimum absolute atomic E-state index is 0.0131. The topological polar surface area (TPSA) is 153 Å². The zero-order valence-electron chi connectivity index (χ0n) is 38.6. The number of nitrogens with zero attached hydrogens (tertiary/aromatic N) is 1. The summed E-state index contributed by atoms with van der Waals surface area (Å²) in [6.07, 6.45) is 3.36. The monoisotopic (exact) mass is 871 g/mol. The number of hydrogen-bond acceptors (Lipinski definition) is 14. The highest BCUT2D eigenvalue weighted by Crippen LogP contribution is 2.57. The first kappa shape index (κ1) is 47.3. The van der Waals surface area contributed by atoms with Gasteiger partial charge in [-0.1, -0.05) is 19.9 Å². The van der Waals surface area contributed by atoms with Gasteiger partial charge in [-0.2, -0.15) is 0 Å². The smallest absolute Gasteiger partial charge is 0.306 e. The Morgan fingerprint density at radius 1 is 0.839 bits per heavy atom. The fourth-order valence-corrected chi connectivity index (χ4v) is 12.1. The Kier molecular flexibility index (Phi) is 15.8. The largest absolute Gasteiger partial charge is 0.497 e. The Balaban J connectivity index is 1.21. The first-order chi connectivity index (χ1) is 29.8. The van der Waals surface area contributed by atoms with E-state index in [9.17, 15) is 9.90 Å². The van der Waals surface area contributed by atoms with E-state index >= 15 is 4.79 Å². The van der Waals surface area contributed by atoms with Gasteiger partial charge < -0.3 is 58.0 Å². The lowest BCUT2D eigenvalue weighted by Gasteiger charge is -2.47. The predicted molar refractivity (Wildman–Crippen MR) is 232 cm³/mol. The molecule has 1 aromatic carbocycles. The Morgan fingerprint density at radius 3 is 2.19 bits per heavy atom. The van der Waals surface area contributed by atoms with Gasteiger partial charge in [0.05, 0.1) is 50.1 Å². The van der Waals surface area contributed by atoms with E-state index in [1.165, 1.54) is 0 Å². The number of aliphatic hydroxyl groups excluding tert-OH is 1. The Labute approximate surface area is 368 Å². The summed E-state index contributed by atoms with van der Waals surface area (Å²) in [6, 6.07) is 7.44. The van der Waals surface area contributed by atoms with E-state index < -0.39 is 48.8 Å². The van der Waals surface area contributed by atoms with Crippen molar-refractivity contribution >= 4 is 17.4 Å². The third-order valence-corrected chi connectivity index (χ3v) is 15.3. The van der Waals surface area contributed by atoms with Crippen molar-refractivity contribution in [1.29, 1.82) is 0 Å². The molecule has 0 amide bonds. The second kappa shape index (κ2) is 20.7. The summed E-state index contributed by atoms with van der Waals surface area (Å²) in [4.78, 5) is 31.4. The number of fused-ring (bicyclic) bond motifs is 5. The normalized spacial score (nSPS) is 42.8. The number of methoxy groups -OCH3 is 4. The molecule has 6 aliphatic rings. The molecule has 62 heavy (non-hydrogen) atoms. The summed E-state index contributed by atoms with van der Waals surface area (Å²) in [5.74, 6) is -1.23. The second-order valence-electron chi connectivity index (χ2n) is 19.0. The number of benzene rings is 1. The standard InChI is InChI=1S/C48H74N2O12/c1-11-29-13-12-14-38(62-40-20-19-37(50(5)6)26(3)58-40)25(2)43(52)36-23-33-32-21-31(61-48-47(57-10)46(56-9)45(55-8)27(4)59-48)22-35(32)44(53)42(41(33)34(36)24-39(51)60-29)49-28-15-17-30(54-7)18-16-28/h15-18,23,25-27,29,31-35,37-38,40-42,44-49,53H,11-14,19-22,24H2,1-10H3/t25-,26?,27?,29+,31+,32+,33+,34-,35-,37+,38+,40+,41-,42-,44-,45+,46?,47+,48+/m1/s1. The van der Waals surface area contributed by atoms with Gasteiger partial charge in [-0.05, 0) is 133 Å². The number of cyclic esters (lactones) is 1. The van der Waals surface area contributed by atoms with Gasteiger partial charge in [-0.3, -0.25) is 9.59 Å². The van der Waals surface area contributed by atoms with Crippen LogP contribution in [-0.4, -0.2) is 144 Å². The van der Waals surface area contributed by atoms with Crippen molar-refractivity contribution in [3.8, 4) is 5.75 Å². The molecule has 3 aliphatic carbocycles. The van der Waals surface area contributed by atoms with Crippen molar-refractivity contribution < 1.29 is 57.3 Å². The van der Waals surface area contributed by atoms with Crippen molar-refractivity contribution in [3.63, 3.8) is 0 Å². The summed E-state index contributed by atoms with van der Waals surface area (Å²) in [6.45, 7) is 8.06. The molecule has 14 nitrogen and oxygen atoms in total. The zero-order valence-corrected chi connectivity index (χ0v) is 38.6. The number of carbonyl (C=O) groups excluding carboxylic acids is 2. The van der Waals surface area contributed by atoms with Crippen LogP contribution >= 0.6 is 0 Å². The number of esters is 1. The molecule has 3 unspecified atom stereocenters. The number of likely N-dealkylation sites (N-methyl/N-ethyl adjacent to an activating group) is 1. The van der Waals surface area contributed by atoms with E-state index in [4.69, 9.17) is 42.6 Å². The van der Waals surface area contributed by atoms with Crippen molar-refractivity contribution in [2.24, 2.45) is 35.5 Å². The van der Waals surface area contributed by atoms with Crippen molar-refractivity contribution in [1.82, 2.24) is 4.90 Å². The average Bonchev–Trinajstić information content (AvgIpc) is 3.85. The highest BCUT2D eigenvalue weighted by molar-refractivity contribution is 5.99. The molecule has 2 saturated carbocycles. The summed E-state index contributed by atoms with van der Waals surface area (Å²) < 4.78 is 55.7. The number of nitrogens with one attached hydrogen (secondary N) is 1. The maximum atomic E-state index is 15.2. The number of hydrogen-bond donors (Lipinski definition) is 2. The van der Waals surface area contributed by atoms with Crippen LogP contribution in [0, 0.1) is 35.5 Å².